The monoisotopic (exact) mass is 504 g/mol. The topological polar surface area (TPSA) is 113 Å². The predicted octanol–water partition coefficient (Wildman–Crippen LogP) is 1.94. The van der Waals surface area contributed by atoms with Crippen LogP contribution in [0.15, 0.2) is 11.6 Å². The number of aliphatic carboxylic acids is 1. The van der Waals surface area contributed by atoms with Crippen molar-refractivity contribution >= 4 is 41.6 Å². The Kier molecular flexibility index (Phi) is 8.74. The average Bonchev–Trinajstić information content (AvgIpc) is 3.63. The van der Waals surface area contributed by atoms with Crippen molar-refractivity contribution in [1.82, 2.24) is 10.2 Å². The van der Waals surface area contributed by atoms with Crippen molar-refractivity contribution in [3.63, 3.8) is 0 Å². The molecule has 1 aliphatic carbocycles. The number of hydrogen-bond donors (Lipinski definition) is 2. The summed E-state index contributed by atoms with van der Waals surface area (Å²) in [7, 11) is 1.66. The fourth-order valence-electron chi connectivity index (χ4n) is 5.83. The van der Waals surface area contributed by atoms with Gasteiger partial charge in [0.1, 0.15) is 23.4 Å². The molecule has 2 N–H and O–H groups in total. The summed E-state index contributed by atoms with van der Waals surface area (Å²) < 4.78 is 24.0. The molecule has 6 atom stereocenters. The molecule has 10 heteroatoms. The molecule has 1 spiro atoms. The van der Waals surface area contributed by atoms with Gasteiger partial charge in [0.25, 0.3) is 0 Å². The zero-order valence-corrected chi connectivity index (χ0v) is 21.3. The number of alkyl carbamates (subject to hydrolysis) is 1. The van der Waals surface area contributed by atoms with E-state index in [1.165, 1.54) is 5.57 Å². The van der Waals surface area contributed by atoms with E-state index in [1.54, 1.807) is 21.0 Å². The second-order valence-electron chi connectivity index (χ2n) is 11.5. The van der Waals surface area contributed by atoms with E-state index < -0.39 is 17.5 Å². The van der Waals surface area contributed by atoms with Crippen molar-refractivity contribution in [2.24, 2.45) is 11.3 Å². The molecule has 9 nitrogen and oxygen atoms in total. The molecule has 4 fully saturated rings. The van der Waals surface area contributed by atoms with Crippen LogP contribution in [0.3, 0.4) is 0 Å². The number of carbonyl (C=O) groups excluding carboxylic acids is 1. The van der Waals surface area contributed by atoms with Crippen molar-refractivity contribution in [1.29, 1.82) is 0 Å². The van der Waals surface area contributed by atoms with Gasteiger partial charge in [0.05, 0.1) is 30.1 Å². The average molecular weight is 505 g/mol. The molecular formula is C25H41N2NaO7. The second kappa shape index (κ2) is 10.6. The first kappa shape index (κ1) is 28.9. The number of allylic oxidation sites excluding steroid dienone is 1. The van der Waals surface area contributed by atoms with E-state index in [4.69, 9.17) is 18.9 Å². The normalized spacial score (nSPS) is 36.5. The Morgan fingerprint density at radius 1 is 1.29 bits per heavy atom. The van der Waals surface area contributed by atoms with E-state index >= 15 is 0 Å². The standard InChI is InChI=1S/C25H40N2O7.Na.H/c1-15(2)7-8-18-24(5,34-18)20-19(31-6)17(9-10-25(20)14-32-25)33-22(30)26-16-11-27(12-16)13-23(3,4)21(28)29;;/h7,16-20H,8-14H2,1-6H3,(H,26,30)(H,28,29);;/t17-,18-,19-,20-,24+,25+;;/m1../s1. The number of ether oxygens (including phenoxy) is 4. The Balaban J connectivity index is 0.00000342. The van der Waals surface area contributed by atoms with Crippen LogP contribution < -0.4 is 5.32 Å². The first-order valence-corrected chi connectivity index (χ1v) is 12.3. The molecule has 3 aliphatic heterocycles. The van der Waals surface area contributed by atoms with Crippen LogP contribution in [0.1, 0.15) is 53.9 Å². The van der Waals surface area contributed by atoms with E-state index in [0.29, 0.717) is 32.7 Å². The molecule has 3 saturated heterocycles. The number of carboxylic acid groups (broad SMARTS) is 1. The van der Waals surface area contributed by atoms with Gasteiger partial charge in [0, 0.05) is 26.7 Å². The Morgan fingerprint density at radius 3 is 2.49 bits per heavy atom. The number of nitrogens with zero attached hydrogens (tertiary/aromatic N) is 1. The SMILES string of the molecule is CO[C@@H]1[C@H](OC(=O)NC2CN(CC(C)(C)C(=O)O)C2)CC[C@]2(CO2)[C@H]1[C@@]1(C)O[C@@H]1CC=C(C)C.[NaH]. The molecule has 3 heterocycles. The van der Waals surface area contributed by atoms with Gasteiger partial charge in [-0.3, -0.25) is 9.69 Å². The van der Waals surface area contributed by atoms with Crippen LogP contribution in [0, 0.1) is 11.3 Å². The van der Waals surface area contributed by atoms with E-state index in [0.717, 1.165) is 12.8 Å². The summed E-state index contributed by atoms with van der Waals surface area (Å²) in [5.74, 6) is -0.834. The molecule has 0 unspecified atom stereocenters. The van der Waals surface area contributed by atoms with Gasteiger partial charge in [-0.05, 0) is 53.9 Å². The predicted molar refractivity (Wildman–Crippen MR) is 132 cm³/mol. The van der Waals surface area contributed by atoms with Crippen LogP contribution in [-0.4, -0.2) is 121 Å². The van der Waals surface area contributed by atoms with Crippen molar-refractivity contribution in [3.8, 4) is 0 Å². The van der Waals surface area contributed by atoms with E-state index in [2.05, 4.69) is 32.2 Å². The van der Waals surface area contributed by atoms with Gasteiger partial charge >= 0.3 is 41.6 Å². The molecule has 0 aromatic carbocycles. The van der Waals surface area contributed by atoms with Crippen molar-refractivity contribution in [2.75, 3.05) is 33.4 Å². The summed E-state index contributed by atoms with van der Waals surface area (Å²) in [6.07, 6.45) is 3.51. The zero-order valence-electron chi connectivity index (χ0n) is 21.3. The Morgan fingerprint density at radius 2 is 1.94 bits per heavy atom. The van der Waals surface area contributed by atoms with Gasteiger partial charge in [0.15, 0.2) is 0 Å². The number of nitrogens with one attached hydrogen (secondary N) is 1. The van der Waals surface area contributed by atoms with Crippen LogP contribution in [-0.2, 0) is 23.7 Å². The third kappa shape index (κ3) is 6.08. The van der Waals surface area contributed by atoms with Crippen LogP contribution in [0.4, 0.5) is 4.79 Å². The molecule has 0 aromatic heterocycles. The molecule has 1 amide bonds. The van der Waals surface area contributed by atoms with E-state index in [9.17, 15) is 14.7 Å². The van der Waals surface area contributed by atoms with E-state index in [1.807, 2.05) is 4.90 Å². The molecular weight excluding hydrogens is 463 g/mol. The third-order valence-corrected chi connectivity index (χ3v) is 7.97. The fourth-order valence-corrected chi connectivity index (χ4v) is 5.83. The number of carbonyl (C=O) groups is 2. The molecule has 1 saturated carbocycles. The van der Waals surface area contributed by atoms with Gasteiger partial charge in [0.2, 0.25) is 0 Å². The van der Waals surface area contributed by atoms with Crippen molar-refractivity contribution in [3.05, 3.63) is 11.6 Å². The number of epoxide rings is 2. The van der Waals surface area contributed by atoms with Gasteiger partial charge < -0.3 is 29.4 Å². The molecule has 35 heavy (non-hydrogen) atoms. The minimum atomic E-state index is -0.824. The molecule has 0 bridgehead atoms. The van der Waals surface area contributed by atoms with Crippen LogP contribution in [0.2, 0.25) is 0 Å². The molecule has 0 aromatic rings. The number of likely N-dealkylation sites (tertiary alicyclic amines) is 1. The number of amides is 1. The number of rotatable bonds is 9. The summed E-state index contributed by atoms with van der Waals surface area (Å²) in [5.41, 5.74) is -0.176. The second-order valence-corrected chi connectivity index (χ2v) is 11.5. The van der Waals surface area contributed by atoms with Crippen LogP contribution >= 0.6 is 0 Å². The molecule has 4 aliphatic rings. The maximum absolute atomic E-state index is 12.7. The first-order chi connectivity index (χ1) is 15.9. The molecule has 194 valence electrons. The summed E-state index contributed by atoms with van der Waals surface area (Å²) in [4.78, 5) is 26.0. The number of carboxylic acids is 1. The Bertz CT molecular complexity index is 836. The summed E-state index contributed by atoms with van der Waals surface area (Å²) >= 11 is 0. The third-order valence-electron chi connectivity index (χ3n) is 7.97. The van der Waals surface area contributed by atoms with E-state index in [-0.39, 0.29) is 71.0 Å². The Labute approximate surface area is 230 Å². The maximum atomic E-state index is 12.7. The number of hydrogen-bond acceptors (Lipinski definition) is 7. The van der Waals surface area contributed by atoms with Crippen molar-refractivity contribution < 1.29 is 33.6 Å². The van der Waals surface area contributed by atoms with Gasteiger partial charge in [-0.1, -0.05) is 11.6 Å². The zero-order chi connectivity index (χ0) is 24.9. The fraction of sp³-hybridized carbons (Fsp3) is 0.840. The first-order valence-electron chi connectivity index (χ1n) is 12.3. The van der Waals surface area contributed by atoms with Gasteiger partial charge in [-0.25, -0.2) is 4.79 Å². The van der Waals surface area contributed by atoms with Gasteiger partial charge in [-0.15, -0.1) is 0 Å². The van der Waals surface area contributed by atoms with Crippen LogP contribution in [0.5, 0.6) is 0 Å². The molecule has 4 rings (SSSR count). The van der Waals surface area contributed by atoms with Crippen LogP contribution in [0.25, 0.3) is 0 Å². The number of methoxy groups -OCH3 is 1. The molecule has 0 radical (unpaired) electrons. The Hall–Kier alpha value is -0.680. The summed E-state index contributed by atoms with van der Waals surface area (Å²) in [6.45, 7) is 12.1. The summed E-state index contributed by atoms with van der Waals surface area (Å²) in [6, 6.07) is -0.0479. The quantitative estimate of drug-likeness (QED) is 0.278. The van der Waals surface area contributed by atoms with Crippen molar-refractivity contribution in [2.45, 2.75) is 89.4 Å². The minimum absolute atomic E-state index is 0. The summed E-state index contributed by atoms with van der Waals surface area (Å²) in [5, 5.41) is 12.2. The van der Waals surface area contributed by atoms with Gasteiger partial charge in [-0.2, -0.15) is 0 Å².